The highest BCUT2D eigenvalue weighted by Crippen LogP contribution is 2.32. The third kappa shape index (κ3) is 3.54. The minimum absolute atomic E-state index is 0.0271. The molecule has 0 aliphatic carbocycles. The van der Waals surface area contributed by atoms with E-state index in [2.05, 4.69) is 5.10 Å². The first-order valence-electron chi connectivity index (χ1n) is 8.16. The van der Waals surface area contributed by atoms with Gasteiger partial charge in [-0.1, -0.05) is 60.7 Å². The maximum atomic E-state index is 12.6. The van der Waals surface area contributed by atoms with Gasteiger partial charge in [-0.3, -0.25) is 4.79 Å². The van der Waals surface area contributed by atoms with Gasteiger partial charge in [-0.25, -0.2) is 5.01 Å². The van der Waals surface area contributed by atoms with Crippen LogP contribution in [-0.4, -0.2) is 27.3 Å². The van der Waals surface area contributed by atoms with E-state index >= 15 is 0 Å². The second-order valence-corrected chi connectivity index (χ2v) is 6.65. The molecule has 3 rings (SSSR count). The lowest BCUT2D eigenvalue weighted by atomic mass is 9.82. The number of carbonyl (C=O) groups excluding carboxylic acids is 1. The summed E-state index contributed by atoms with van der Waals surface area (Å²) in [5.74, 6) is -0.216. The van der Waals surface area contributed by atoms with Crippen LogP contribution in [0.5, 0.6) is 0 Å². The van der Waals surface area contributed by atoms with E-state index in [1.165, 1.54) is 5.01 Å². The van der Waals surface area contributed by atoms with Gasteiger partial charge in [0, 0.05) is 12.3 Å². The van der Waals surface area contributed by atoms with Crippen molar-refractivity contribution in [2.24, 2.45) is 5.10 Å². The zero-order chi connectivity index (χ0) is 17.2. The van der Waals surface area contributed by atoms with Gasteiger partial charge in [0.2, 0.25) is 5.91 Å². The molecule has 0 aromatic heterocycles. The Morgan fingerprint density at radius 1 is 1.08 bits per heavy atom. The molecule has 0 fully saturated rings. The van der Waals surface area contributed by atoms with E-state index < -0.39 is 5.60 Å². The summed E-state index contributed by atoms with van der Waals surface area (Å²) in [6.07, 6.45) is 0.319. The molecular formula is C20H22N2O2. The normalized spacial score (nSPS) is 18.5. The maximum Gasteiger partial charge on any atom is 0.243 e. The standard InChI is InChI=1S/C20H22N2O2/c1-20(2,24)19-17(16-11-7-4-8-12-16)13-18(23)22(21-19)14-15-9-5-3-6-10-15/h3-12,17,24H,13-14H2,1-2H3. The summed E-state index contributed by atoms with van der Waals surface area (Å²) in [5, 5.41) is 16.6. The van der Waals surface area contributed by atoms with Gasteiger partial charge in [-0.05, 0) is 25.0 Å². The molecule has 0 radical (unpaired) electrons. The molecule has 2 aromatic rings. The summed E-state index contributed by atoms with van der Waals surface area (Å²) in [4.78, 5) is 12.6. The van der Waals surface area contributed by atoms with Crippen LogP contribution >= 0.6 is 0 Å². The van der Waals surface area contributed by atoms with Crippen LogP contribution in [0.3, 0.4) is 0 Å². The van der Waals surface area contributed by atoms with Gasteiger partial charge >= 0.3 is 0 Å². The number of aliphatic hydroxyl groups is 1. The second kappa shape index (κ2) is 6.57. The Labute approximate surface area is 142 Å². The summed E-state index contributed by atoms with van der Waals surface area (Å²) in [6, 6.07) is 19.5. The van der Waals surface area contributed by atoms with Gasteiger partial charge in [-0.2, -0.15) is 5.10 Å². The molecule has 0 bridgehead atoms. The minimum atomic E-state index is -1.09. The third-order valence-corrected chi connectivity index (χ3v) is 4.23. The van der Waals surface area contributed by atoms with E-state index in [1.54, 1.807) is 13.8 Å². The van der Waals surface area contributed by atoms with Gasteiger partial charge in [0.15, 0.2) is 0 Å². The predicted molar refractivity (Wildman–Crippen MR) is 94.5 cm³/mol. The molecule has 1 heterocycles. The van der Waals surface area contributed by atoms with Crippen molar-refractivity contribution in [1.82, 2.24) is 5.01 Å². The summed E-state index contributed by atoms with van der Waals surface area (Å²) >= 11 is 0. The van der Waals surface area contributed by atoms with E-state index in [0.717, 1.165) is 11.1 Å². The average molecular weight is 322 g/mol. The molecule has 0 spiro atoms. The average Bonchev–Trinajstić information content (AvgIpc) is 2.57. The van der Waals surface area contributed by atoms with E-state index in [4.69, 9.17) is 0 Å². The van der Waals surface area contributed by atoms with Crippen molar-refractivity contribution in [3.8, 4) is 0 Å². The minimum Gasteiger partial charge on any atom is -0.384 e. The molecule has 1 unspecified atom stereocenters. The fourth-order valence-corrected chi connectivity index (χ4v) is 3.02. The van der Waals surface area contributed by atoms with Crippen molar-refractivity contribution in [2.75, 3.05) is 0 Å². The molecule has 1 N–H and O–H groups in total. The number of hydrogen-bond donors (Lipinski definition) is 1. The van der Waals surface area contributed by atoms with Crippen molar-refractivity contribution in [1.29, 1.82) is 0 Å². The molecule has 4 nitrogen and oxygen atoms in total. The van der Waals surface area contributed by atoms with Crippen LogP contribution in [0.15, 0.2) is 65.8 Å². The fourth-order valence-electron chi connectivity index (χ4n) is 3.02. The number of nitrogens with zero attached hydrogens (tertiary/aromatic N) is 2. The number of rotatable bonds is 4. The lowest BCUT2D eigenvalue weighted by Crippen LogP contribution is -2.44. The molecule has 0 saturated heterocycles. The predicted octanol–water partition coefficient (Wildman–Crippen LogP) is 3.33. The smallest absolute Gasteiger partial charge is 0.243 e. The van der Waals surface area contributed by atoms with Gasteiger partial charge in [0.25, 0.3) is 0 Å². The van der Waals surface area contributed by atoms with Gasteiger partial charge < -0.3 is 5.11 Å². The van der Waals surface area contributed by atoms with Crippen molar-refractivity contribution < 1.29 is 9.90 Å². The Hall–Kier alpha value is -2.46. The molecule has 0 saturated carbocycles. The molecular weight excluding hydrogens is 300 g/mol. The largest absolute Gasteiger partial charge is 0.384 e. The summed E-state index contributed by atoms with van der Waals surface area (Å²) in [5.41, 5.74) is 1.56. The molecule has 124 valence electrons. The molecule has 4 heteroatoms. The highest BCUT2D eigenvalue weighted by molar-refractivity contribution is 6.02. The van der Waals surface area contributed by atoms with Crippen LogP contribution in [-0.2, 0) is 11.3 Å². The van der Waals surface area contributed by atoms with E-state index in [-0.39, 0.29) is 11.8 Å². The third-order valence-electron chi connectivity index (χ3n) is 4.23. The quantitative estimate of drug-likeness (QED) is 0.939. The molecule has 1 aliphatic heterocycles. The molecule has 1 amide bonds. The summed E-state index contributed by atoms with van der Waals surface area (Å²) in [6.45, 7) is 3.86. The molecule has 1 aliphatic rings. The van der Waals surface area contributed by atoms with Crippen LogP contribution in [0.4, 0.5) is 0 Å². The molecule has 1 atom stereocenters. The number of carbonyl (C=O) groups is 1. The Kier molecular flexibility index (Phi) is 4.49. The van der Waals surface area contributed by atoms with Crippen LogP contribution in [0.1, 0.15) is 37.3 Å². The highest BCUT2D eigenvalue weighted by Gasteiger charge is 2.37. The molecule has 24 heavy (non-hydrogen) atoms. The van der Waals surface area contributed by atoms with Crippen LogP contribution in [0, 0.1) is 0 Å². The first-order chi connectivity index (χ1) is 11.4. The van der Waals surface area contributed by atoms with Gasteiger partial charge in [-0.15, -0.1) is 0 Å². The lowest BCUT2D eigenvalue weighted by Gasteiger charge is -2.34. The SMILES string of the molecule is CC(C)(O)C1=NN(Cc2ccccc2)C(=O)CC1c1ccccc1. The van der Waals surface area contributed by atoms with Crippen molar-refractivity contribution in [3.63, 3.8) is 0 Å². The number of hydrogen-bond acceptors (Lipinski definition) is 3. The van der Waals surface area contributed by atoms with E-state index in [9.17, 15) is 9.90 Å². The monoisotopic (exact) mass is 322 g/mol. The number of amides is 1. The van der Waals surface area contributed by atoms with E-state index in [0.29, 0.717) is 18.7 Å². The topological polar surface area (TPSA) is 52.9 Å². The van der Waals surface area contributed by atoms with Crippen LogP contribution in [0.25, 0.3) is 0 Å². The Balaban J connectivity index is 1.95. The highest BCUT2D eigenvalue weighted by atomic mass is 16.3. The van der Waals surface area contributed by atoms with Crippen molar-refractivity contribution >= 4 is 11.6 Å². The van der Waals surface area contributed by atoms with Gasteiger partial charge in [0.1, 0.15) is 0 Å². The van der Waals surface area contributed by atoms with Crippen LogP contribution in [0.2, 0.25) is 0 Å². The second-order valence-electron chi connectivity index (χ2n) is 6.65. The summed E-state index contributed by atoms with van der Waals surface area (Å²) in [7, 11) is 0. The van der Waals surface area contributed by atoms with Crippen LogP contribution < -0.4 is 0 Å². The summed E-state index contributed by atoms with van der Waals surface area (Å²) < 4.78 is 0. The zero-order valence-electron chi connectivity index (χ0n) is 14.0. The lowest BCUT2D eigenvalue weighted by molar-refractivity contribution is -0.132. The maximum absolute atomic E-state index is 12.6. The zero-order valence-corrected chi connectivity index (χ0v) is 14.0. The van der Waals surface area contributed by atoms with Crippen molar-refractivity contribution in [2.45, 2.75) is 38.3 Å². The Morgan fingerprint density at radius 2 is 1.67 bits per heavy atom. The first-order valence-corrected chi connectivity index (χ1v) is 8.16. The molecule has 2 aromatic carbocycles. The van der Waals surface area contributed by atoms with Gasteiger partial charge in [0.05, 0.1) is 17.9 Å². The van der Waals surface area contributed by atoms with Crippen molar-refractivity contribution in [3.05, 3.63) is 71.8 Å². The Bertz CT molecular complexity index is 733. The van der Waals surface area contributed by atoms with E-state index in [1.807, 2.05) is 60.7 Å². The number of benzene rings is 2. The Morgan fingerprint density at radius 3 is 2.25 bits per heavy atom. The first kappa shape index (κ1) is 16.4. The number of hydrazone groups is 1. The fraction of sp³-hybridized carbons (Fsp3) is 0.300.